The minimum atomic E-state index is -0.422. The lowest BCUT2D eigenvalue weighted by molar-refractivity contribution is 0.262. The first-order chi connectivity index (χ1) is 10.7. The van der Waals surface area contributed by atoms with E-state index >= 15 is 0 Å². The third-order valence-corrected chi connectivity index (χ3v) is 3.40. The number of rotatable bonds is 2. The highest BCUT2D eigenvalue weighted by atomic mass is 35.5. The molecule has 0 radical (unpaired) electrons. The topological polar surface area (TPSA) is 69.3 Å². The van der Waals surface area contributed by atoms with Gasteiger partial charge in [-0.2, -0.15) is 5.26 Å². The van der Waals surface area contributed by atoms with Gasteiger partial charge in [0, 0.05) is 23.1 Å². The second-order valence-corrected chi connectivity index (χ2v) is 5.05. The van der Waals surface area contributed by atoms with Crippen LogP contribution in [0, 0.1) is 11.3 Å². The molecular weight excluding hydrogens is 300 g/mol. The van der Waals surface area contributed by atoms with Gasteiger partial charge in [0.1, 0.15) is 11.6 Å². The van der Waals surface area contributed by atoms with Crippen molar-refractivity contribution in [3.05, 3.63) is 65.4 Å². The number of amides is 2. The van der Waals surface area contributed by atoms with E-state index in [4.69, 9.17) is 11.6 Å². The van der Waals surface area contributed by atoms with Crippen molar-refractivity contribution in [1.82, 2.24) is 4.40 Å². The Morgan fingerprint density at radius 3 is 2.64 bits per heavy atom. The number of hydrogen-bond donors (Lipinski definition) is 2. The quantitative estimate of drug-likeness (QED) is 0.748. The minimum Gasteiger partial charge on any atom is -0.320 e. The third kappa shape index (κ3) is 2.73. The van der Waals surface area contributed by atoms with Crippen LogP contribution in [0.25, 0.3) is 5.52 Å². The smallest absolute Gasteiger partial charge is 0.320 e. The molecule has 6 heteroatoms. The molecule has 1 aromatic carbocycles. The molecule has 108 valence electrons. The highest BCUT2D eigenvalue weighted by molar-refractivity contribution is 6.30. The Bertz CT molecular complexity index is 877. The first kappa shape index (κ1) is 14.0. The largest absolute Gasteiger partial charge is 0.323 e. The first-order valence-electron chi connectivity index (χ1n) is 6.51. The third-order valence-electron chi connectivity index (χ3n) is 3.15. The highest BCUT2D eigenvalue weighted by Crippen LogP contribution is 2.22. The van der Waals surface area contributed by atoms with Crippen molar-refractivity contribution in [2.24, 2.45) is 0 Å². The number of hydrogen-bond acceptors (Lipinski definition) is 2. The van der Waals surface area contributed by atoms with Crippen LogP contribution in [0.3, 0.4) is 0 Å². The van der Waals surface area contributed by atoms with E-state index in [0.717, 1.165) is 5.52 Å². The van der Waals surface area contributed by atoms with Gasteiger partial charge in [-0.3, -0.25) is 0 Å². The lowest BCUT2D eigenvalue weighted by Gasteiger charge is -2.06. The van der Waals surface area contributed by atoms with Crippen LogP contribution in [-0.2, 0) is 0 Å². The van der Waals surface area contributed by atoms with Gasteiger partial charge in [0.15, 0.2) is 0 Å². The summed E-state index contributed by atoms with van der Waals surface area (Å²) in [5.41, 5.74) is 2.24. The molecule has 2 aromatic heterocycles. The Hall–Kier alpha value is -2.97. The van der Waals surface area contributed by atoms with E-state index in [1.165, 1.54) is 0 Å². The average Bonchev–Trinajstić information content (AvgIpc) is 2.86. The predicted molar refractivity (Wildman–Crippen MR) is 86.2 cm³/mol. The summed E-state index contributed by atoms with van der Waals surface area (Å²) < 4.78 is 1.79. The average molecular weight is 311 g/mol. The second kappa shape index (κ2) is 5.80. The zero-order valence-electron chi connectivity index (χ0n) is 11.4. The summed E-state index contributed by atoms with van der Waals surface area (Å²) in [6.45, 7) is 0. The fourth-order valence-electron chi connectivity index (χ4n) is 2.15. The fraction of sp³-hybridized carbons (Fsp3) is 0. The van der Waals surface area contributed by atoms with E-state index in [0.29, 0.717) is 22.0 Å². The van der Waals surface area contributed by atoms with E-state index < -0.39 is 6.03 Å². The van der Waals surface area contributed by atoms with Crippen molar-refractivity contribution in [2.45, 2.75) is 0 Å². The zero-order chi connectivity index (χ0) is 15.5. The molecule has 0 fully saturated rings. The van der Waals surface area contributed by atoms with Gasteiger partial charge in [0.25, 0.3) is 0 Å². The molecule has 0 saturated carbocycles. The number of urea groups is 1. The van der Waals surface area contributed by atoms with Gasteiger partial charge in [-0.05, 0) is 36.4 Å². The summed E-state index contributed by atoms with van der Waals surface area (Å²) in [6.07, 6.45) is 3.52. The number of carbonyl (C=O) groups excluding carboxylic acids is 1. The number of pyridine rings is 1. The van der Waals surface area contributed by atoms with Crippen molar-refractivity contribution in [1.29, 1.82) is 5.26 Å². The maximum absolute atomic E-state index is 12.0. The van der Waals surface area contributed by atoms with E-state index in [9.17, 15) is 10.1 Å². The zero-order valence-corrected chi connectivity index (χ0v) is 12.1. The summed E-state index contributed by atoms with van der Waals surface area (Å²) in [5, 5.41) is 15.3. The second-order valence-electron chi connectivity index (χ2n) is 4.61. The van der Waals surface area contributed by atoms with Crippen LogP contribution in [0.4, 0.5) is 16.2 Å². The highest BCUT2D eigenvalue weighted by Gasteiger charge is 2.12. The Kier molecular flexibility index (Phi) is 3.69. The number of anilines is 2. The van der Waals surface area contributed by atoms with Crippen molar-refractivity contribution < 1.29 is 4.79 Å². The van der Waals surface area contributed by atoms with Gasteiger partial charge >= 0.3 is 6.03 Å². The molecule has 2 N–H and O–H groups in total. The minimum absolute atomic E-state index is 0.422. The molecule has 0 saturated heterocycles. The molecular formula is C16H11ClN4O. The molecule has 22 heavy (non-hydrogen) atoms. The first-order valence-corrected chi connectivity index (χ1v) is 6.88. The summed E-state index contributed by atoms with van der Waals surface area (Å²) >= 11 is 5.80. The van der Waals surface area contributed by atoms with E-state index in [-0.39, 0.29) is 0 Å². The lowest BCUT2D eigenvalue weighted by atomic mass is 10.2. The molecule has 3 rings (SSSR count). The summed E-state index contributed by atoms with van der Waals surface area (Å²) in [7, 11) is 0. The van der Waals surface area contributed by atoms with Gasteiger partial charge in [0.2, 0.25) is 0 Å². The van der Waals surface area contributed by atoms with Gasteiger partial charge in [-0.1, -0.05) is 17.7 Å². The fourth-order valence-corrected chi connectivity index (χ4v) is 2.28. The summed E-state index contributed by atoms with van der Waals surface area (Å²) in [4.78, 5) is 12.0. The number of nitrogens with one attached hydrogen (secondary N) is 2. The Labute approximate surface area is 131 Å². The van der Waals surface area contributed by atoms with Crippen molar-refractivity contribution >= 4 is 34.5 Å². The van der Waals surface area contributed by atoms with Gasteiger partial charge < -0.3 is 15.0 Å². The van der Waals surface area contributed by atoms with Crippen LogP contribution in [0.2, 0.25) is 5.02 Å². The van der Waals surface area contributed by atoms with E-state index in [1.807, 2.05) is 24.4 Å². The monoisotopic (exact) mass is 310 g/mol. The molecule has 0 aliphatic heterocycles. The number of fused-ring (bicyclic) bond motifs is 1. The molecule has 0 spiro atoms. The standard InChI is InChI=1S/C16H11ClN4O/c17-11-4-6-12(7-5-11)19-16(22)20-14-10-21-8-2-1-3-15(21)13(14)9-18/h1-8,10H,(H2,19,20,22). The SMILES string of the molecule is N#Cc1c(NC(=O)Nc2ccc(Cl)cc2)cn2ccccc12. The van der Waals surface area contributed by atoms with Crippen LogP contribution in [0.15, 0.2) is 54.9 Å². The van der Waals surface area contributed by atoms with Crippen molar-refractivity contribution in [3.8, 4) is 6.07 Å². The van der Waals surface area contributed by atoms with Crippen LogP contribution in [0.5, 0.6) is 0 Å². The Morgan fingerprint density at radius 2 is 1.91 bits per heavy atom. The Balaban J connectivity index is 1.82. The van der Waals surface area contributed by atoms with Crippen molar-refractivity contribution in [2.75, 3.05) is 10.6 Å². The number of aromatic nitrogens is 1. The van der Waals surface area contributed by atoms with Gasteiger partial charge in [-0.25, -0.2) is 4.79 Å². The van der Waals surface area contributed by atoms with E-state index in [2.05, 4.69) is 16.7 Å². The van der Waals surface area contributed by atoms with Crippen molar-refractivity contribution in [3.63, 3.8) is 0 Å². The number of nitriles is 1. The molecule has 5 nitrogen and oxygen atoms in total. The lowest BCUT2D eigenvalue weighted by Crippen LogP contribution is -2.19. The summed E-state index contributed by atoms with van der Waals surface area (Å²) in [5.74, 6) is 0. The molecule has 0 atom stereocenters. The maximum atomic E-state index is 12.0. The van der Waals surface area contributed by atoms with Crippen LogP contribution in [-0.4, -0.2) is 10.4 Å². The number of benzene rings is 1. The maximum Gasteiger partial charge on any atom is 0.323 e. The molecule has 0 aliphatic carbocycles. The molecule has 3 aromatic rings. The normalized spacial score (nSPS) is 10.2. The van der Waals surface area contributed by atoms with Crippen LogP contribution in [0.1, 0.15) is 5.56 Å². The number of nitrogens with zero attached hydrogens (tertiary/aromatic N) is 2. The molecule has 0 bridgehead atoms. The molecule has 0 unspecified atom stereocenters. The summed E-state index contributed by atoms with van der Waals surface area (Å²) in [6, 6.07) is 14.0. The van der Waals surface area contributed by atoms with E-state index in [1.54, 1.807) is 34.9 Å². The van der Waals surface area contributed by atoms with Crippen LogP contribution < -0.4 is 10.6 Å². The molecule has 2 heterocycles. The Morgan fingerprint density at radius 1 is 1.14 bits per heavy atom. The van der Waals surface area contributed by atoms with Gasteiger partial charge in [-0.15, -0.1) is 0 Å². The predicted octanol–water partition coefficient (Wildman–Crippen LogP) is 4.11. The number of halogens is 1. The number of carbonyl (C=O) groups is 1. The van der Waals surface area contributed by atoms with Gasteiger partial charge in [0.05, 0.1) is 11.2 Å². The molecule has 0 aliphatic rings. The van der Waals surface area contributed by atoms with Crippen LogP contribution >= 0.6 is 11.6 Å². The molecule has 2 amide bonds.